The van der Waals surface area contributed by atoms with Crippen LogP contribution in [0.4, 0.5) is 27.6 Å². The van der Waals surface area contributed by atoms with Crippen molar-refractivity contribution in [1.29, 1.82) is 0 Å². The van der Waals surface area contributed by atoms with Gasteiger partial charge in [-0.3, -0.25) is 4.79 Å². The first-order valence-corrected chi connectivity index (χ1v) is 6.75. The first-order valence-electron chi connectivity index (χ1n) is 6.75. The van der Waals surface area contributed by atoms with Crippen LogP contribution in [0.3, 0.4) is 0 Å². The zero-order valence-electron chi connectivity index (χ0n) is 12.4. The molecule has 25 heavy (non-hydrogen) atoms. The van der Waals surface area contributed by atoms with Gasteiger partial charge in [-0.15, -0.1) is 0 Å². The van der Waals surface area contributed by atoms with Crippen molar-refractivity contribution in [3.05, 3.63) is 48.2 Å². The van der Waals surface area contributed by atoms with Gasteiger partial charge in [0.05, 0.1) is 11.9 Å². The zero-order valence-corrected chi connectivity index (χ0v) is 12.4. The third kappa shape index (κ3) is 6.24. The van der Waals surface area contributed by atoms with Crippen molar-refractivity contribution in [2.75, 3.05) is 11.9 Å². The Balaban J connectivity index is 1.98. The maximum Gasteiger partial charge on any atom is 0.422 e. The predicted molar refractivity (Wildman–Crippen MR) is 76.8 cm³/mol. The molecule has 0 aliphatic rings. The fourth-order valence-electron chi connectivity index (χ4n) is 1.71. The third-order valence-corrected chi connectivity index (χ3v) is 2.70. The van der Waals surface area contributed by atoms with Crippen LogP contribution in [0.1, 0.15) is 10.4 Å². The minimum absolute atomic E-state index is 0.0514. The van der Waals surface area contributed by atoms with Crippen LogP contribution >= 0.6 is 0 Å². The molecule has 0 atom stereocenters. The quantitative estimate of drug-likeness (QED) is 0.793. The second kappa shape index (κ2) is 7.77. The lowest BCUT2D eigenvalue weighted by Crippen LogP contribution is -2.19. The molecule has 0 fully saturated rings. The Labute approximate surface area is 138 Å². The molecular weight excluding hydrogens is 351 g/mol. The minimum Gasteiger partial charge on any atom is -0.468 e. The molecule has 0 saturated carbocycles. The third-order valence-electron chi connectivity index (χ3n) is 2.70. The smallest absolute Gasteiger partial charge is 0.422 e. The molecule has 5 nitrogen and oxygen atoms in total. The first kappa shape index (κ1) is 18.4. The summed E-state index contributed by atoms with van der Waals surface area (Å²) in [5, 5.41) is 2.42. The van der Waals surface area contributed by atoms with E-state index in [-0.39, 0.29) is 22.9 Å². The molecule has 2 aromatic rings. The maximum atomic E-state index is 12.2. The van der Waals surface area contributed by atoms with Crippen LogP contribution in [0.2, 0.25) is 0 Å². The summed E-state index contributed by atoms with van der Waals surface area (Å²) >= 11 is 0. The molecule has 1 aromatic heterocycles. The van der Waals surface area contributed by atoms with E-state index in [1.165, 1.54) is 24.3 Å². The van der Waals surface area contributed by atoms with Crippen LogP contribution in [-0.2, 0) is 0 Å². The largest absolute Gasteiger partial charge is 0.468 e. The predicted octanol–water partition coefficient (Wildman–Crippen LogP) is 3.88. The summed E-state index contributed by atoms with van der Waals surface area (Å²) in [5.41, 5.74) is 0.236. The Morgan fingerprint density at radius 1 is 1.20 bits per heavy atom. The Morgan fingerprint density at radius 3 is 2.56 bits per heavy atom. The van der Waals surface area contributed by atoms with E-state index >= 15 is 0 Å². The van der Waals surface area contributed by atoms with E-state index in [1.807, 2.05) is 0 Å². The highest BCUT2D eigenvalue weighted by molar-refractivity contribution is 6.04. The van der Waals surface area contributed by atoms with E-state index in [2.05, 4.69) is 19.8 Å². The number of ether oxygens (including phenoxy) is 2. The number of halogens is 5. The number of anilines is 1. The number of carbonyl (C=O) groups is 1. The first-order chi connectivity index (χ1) is 11.7. The number of aromatic nitrogens is 1. The van der Waals surface area contributed by atoms with E-state index < -0.39 is 25.3 Å². The Hall–Kier alpha value is -2.91. The molecule has 0 aliphatic carbocycles. The summed E-state index contributed by atoms with van der Waals surface area (Å²) < 4.78 is 69.0. The molecule has 10 heteroatoms. The molecule has 0 spiro atoms. The van der Waals surface area contributed by atoms with Crippen LogP contribution < -0.4 is 14.8 Å². The zero-order chi connectivity index (χ0) is 18.4. The van der Waals surface area contributed by atoms with Gasteiger partial charge in [-0.05, 0) is 24.3 Å². The summed E-state index contributed by atoms with van der Waals surface area (Å²) in [6, 6.07) is 7.56. The van der Waals surface area contributed by atoms with Gasteiger partial charge in [-0.1, -0.05) is 6.07 Å². The SMILES string of the molecule is O=C(Nc1ccc(OCC(F)(F)F)nc1)c1cccc(OC(F)F)c1. The lowest BCUT2D eigenvalue weighted by Gasteiger charge is -2.10. The summed E-state index contributed by atoms with van der Waals surface area (Å²) in [7, 11) is 0. The van der Waals surface area contributed by atoms with Crippen molar-refractivity contribution in [2.24, 2.45) is 0 Å². The Kier molecular flexibility index (Phi) is 5.73. The van der Waals surface area contributed by atoms with Crippen molar-refractivity contribution in [3.8, 4) is 11.6 Å². The second-order valence-electron chi connectivity index (χ2n) is 4.65. The van der Waals surface area contributed by atoms with E-state index in [4.69, 9.17) is 0 Å². The lowest BCUT2D eigenvalue weighted by atomic mass is 10.2. The van der Waals surface area contributed by atoms with Gasteiger partial charge in [0.25, 0.3) is 5.91 Å². The van der Waals surface area contributed by atoms with Crippen molar-refractivity contribution in [1.82, 2.24) is 4.98 Å². The second-order valence-corrected chi connectivity index (χ2v) is 4.65. The minimum atomic E-state index is -4.49. The lowest BCUT2D eigenvalue weighted by molar-refractivity contribution is -0.154. The highest BCUT2D eigenvalue weighted by Gasteiger charge is 2.28. The summed E-state index contributed by atoms with van der Waals surface area (Å²) in [6.45, 7) is -4.51. The normalized spacial score (nSPS) is 11.3. The van der Waals surface area contributed by atoms with E-state index in [0.717, 1.165) is 18.3 Å². The molecule has 0 radical (unpaired) electrons. The van der Waals surface area contributed by atoms with E-state index in [0.29, 0.717) is 0 Å². The molecule has 0 aliphatic heterocycles. The number of nitrogens with zero attached hydrogens (tertiary/aromatic N) is 1. The van der Waals surface area contributed by atoms with Crippen molar-refractivity contribution in [3.63, 3.8) is 0 Å². The summed E-state index contributed by atoms with van der Waals surface area (Å²) in [5.74, 6) is -1.08. The molecule has 1 N–H and O–H groups in total. The van der Waals surface area contributed by atoms with Gasteiger partial charge in [0, 0.05) is 11.6 Å². The average molecular weight is 362 g/mol. The number of alkyl halides is 5. The van der Waals surface area contributed by atoms with Gasteiger partial charge in [0.15, 0.2) is 6.61 Å². The van der Waals surface area contributed by atoms with Crippen LogP contribution in [0, 0.1) is 0 Å². The van der Waals surface area contributed by atoms with Gasteiger partial charge in [-0.2, -0.15) is 22.0 Å². The number of carbonyl (C=O) groups excluding carboxylic acids is 1. The molecule has 0 bridgehead atoms. The molecule has 134 valence electrons. The van der Waals surface area contributed by atoms with Crippen LogP contribution in [-0.4, -0.2) is 30.3 Å². The molecule has 1 heterocycles. The fraction of sp³-hybridized carbons (Fsp3) is 0.200. The van der Waals surface area contributed by atoms with Gasteiger partial charge in [0.1, 0.15) is 5.75 Å². The Bertz CT molecular complexity index is 720. The van der Waals surface area contributed by atoms with Crippen molar-refractivity contribution in [2.45, 2.75) is 12.8 Å². The molecule has 1 aromatic carbocycles. The fourth-order valence-corrected chi connectivity index (χ4v) is 1.71. The van der Waals surface area contributed by atoms with Crippen molar-refractivity contribution < 1.29 is 36.2 Å². The molecule has 0 saturated heterocycles. The number of nitrogens with one attached hydrogen (secondary N) is 1. The van der Waals surface area contributed by atoms with Gasteiger partial charge >= 0.3 is 12.8 Å². The molecule has 2 rings (SSSR count). The highest BCUT2D eigenvalue weighted by atomic mass is 19.4. The highest BCUT2D eigenvalue weighted by Crippen LogP contribution is 2.19. The average Bonchev–Trinajstić information content (AvgIpc) is 2.53. The number of hydrogen-bond acceptors (Lipinski definition) is 4. The molecule has 1 amide bonds. The standard InChI is InChI=1S/C15H11F5N2O3/c16-14(17)25-11-3-1-2-9(6-11)13(23)22-10-4-5-12(21-7-10)24-8-15(18,19)20/h1-7,14H,8H2,(H,22,23). The summed E-state index contributed by atoms with van der Waals surface area (Å²) in [4.78, 5) is 15.7. The maximum absolute atomic E-state index is 12.2. The van der Waals surface area contributed by atoms with Gasteiger partial charge in [-0.25, -0.2) is 4.98 Å². The summed E-state index contributed by atoms with van der Waals surface area (Å²) in [6.07, 6.45) is -3.39. The van der Waals surface area contributed by atoms with Crippen molar-refractivity contribution >= 4 is 11.6 Å². The van der Waals surface area contributed by atoms with Crippen LogP contribution in [0.5, 0.6) is 11.6 Å². The molecule has 0 unspecified atom stereocenters. The number of hydrogen-bond donors (Lipinski definition) is 1. The number of pyridine rings is 1. The topological polar surface area (TPSA) is 60.5 Å². The number of amides is 1. The number of rotatable bonds is 6. The van der Waals surface area contributed by atoms with Crippen LogP contribution in [0.25, 0.3) is 0 Å². The monoisotopic (exact) mass is 362 g/mol. The van der Waals surface area contributed by atoms with E-state index in [1.54, 1.807) is 0 Å². The van der Waals surface area contributed by atoms with Crippen LogP contribution in [0.15, 0.2) is 42.6 Å². The Morgan fingerprint density at radius 2 is 1.96 bits per heavy atom. The molecular formula is C15H11F5N2O3. The van der Waals surface area contributed by atoms with Gasteiger partial charge < -0.3 is 14.8 Å². The van der Waals surface area contributed by atoms with E-state index in [9.17, 15) is 26.7 Å². The van der Waals surface area contributed by atoms with Gasteiger partial charge in [0.2, 0.25) is 5.88 Å². The number of benzene rings is 1.